The van der Waals surface area contributed by atoms with E-state index in [1.807, 2.05) is 15.5 Å². The monoisotopic (exact) mass is 554 g/mol. The molecule has 1 saturated heterocycles. The zero-order valence-electron chi connectivity index (χ0n) is 20.1. The fourth-order valence-electron chi connectivity index (χ4n) is 5.77. The van der Waals surface area contributed by atoms with Crippen molar-refractivity contribution < 1.29 is 27.1 Å². The quantitative estimate of drug-likeness (QED) is 0.471. The molecule has 0 atom stereocenters. The summed E-state index contributed by atoms with van der Waals surface area (Å²) in [6.45, 7) is 1.59. The van der Waals surface area contributed by atoms with Gasteiger partial charge in [-0.25, -0.2) is 13.8 Å². The molecule has 0 spiro atoms. The summed E-state index contributed by atoms with van der Waals surface area (Å²) in [6, 6.07) is 5.75. The van der Waals surface area contributed by atoms with E-state index in [0.29, 0.717) is 43.3 Å². The average Bonchev–Trinajstić information content (AvgIpc) is 3.17. The van der Waals surface area contributed by atoms with Gasteiger partial charge in [-0.05, 0) is 36.6 Å². The van der Waals surface area contributed by atoms with Crippen molar-refractivity contribution in [3.63, 3.8) is 0 Å². The summed E-state index contributed by atoms with van der Waals surface area (Å²) in [7, 11) is 0. The number of fused-ring (bicyclic) bond motifs is 3. The Morgan fingerprint density at radius 3 is 2.45 bits per heavy atom. The molecule has 7 nitrogen and oxygen atoms in total. The highest BCUT2D eigenvalue weighted by Gasteiger charge is 2.62. The van der Waals surface area contributed by atoms with Crippen LogP contribution in [-0.4, -0.2) is 60.7 Å². The van der Waals surface area contributed by atoms with E-state index >= 15 is 0 Å². The molecule has 4 heterocycles. The van der Waals surface area contributed by atoms with Gasteiger partial charge in [0.1, 0.15) is 11.6 Å². The van der Waals surface area contributed by atoms with Crippen LogP contribution in [0.3, 0.4) is 0 Å². The SMILES string of the molecule is OC1(C(F)(F)F)CC(N2Cc3cc(Cl)ccc3-n3c(nnc3C3CCN(c4ncc(F)cc4F)CC3)C2)C1. The molecule has 3 aliphatic rings. The second-order valence-electron chi connectivity index (χ2n) is 10.3. The van der Waals surface area contributed by atoms with Crippen molar-refractivity contribution in [1.82, 2.24) is 24.6 Å². The van der Waals surface area contributed by atoms with Crippen molar-refractivity contribution in [2.24, 2.45) is 0 Å². The van der Waals surface area contributed by atoms with Crippen molar-refractivity contribution in [3.8, 4) is 5.69 Å². The fourth-order valence-corrected chi connectivity index (χ4v) is 5.97. The van der Waals surface area contributed by atoms with E-state index in [0.717, 1.165) is 29.3 Å². The molecule has 0 unspecified atom stereocenters. The maximum Gasteiger partial charge on any atom is 0.417 e. The van der Waals surface area contributed by atoms with Gasteiger partial charge in [0.15, 0.2) is 23.1 Å². The molecule has 2 aromatic heterocycles. The first-order valence-corrected chi connectivity index (χ1v) is 12.7. The van der Waals surface area contributed by atoms with Gasteiger partial charge in [-0.15, -0.1) is 10.2 Å². The lowest BCUT2D eigenvalue weighted by molar-refractivity contribution is -0.300. The highest BCUT2D eigenvalue weighted by molar-refractivity contribution is 6.30. The summed E-state index contributed by atoms with van der Waals surface area (Å²) in [5.74, 6) is -0.0237. The van der Waals surface area contributed by atoms with Gasteiger partial charge in [-0.2, -0.15) is 13.2 Å². The molecule has 38 heavy (non-hydrogen) atoms. The summed E-state index contributed by atoms with van der Waals surface area (Å²) in [5, 5.41) is 19.4. The van der Waals surface area contributed by atoms with Gasteiger partial charge in [0.25, 0.3) is 0 Å². The van der Waals surface area contributed by atoms with Crippen LogP contribution in [0.1, 0.15) is 48.8 Å². The number of hydrogen-bond donors (Lipinski definition) is 1. The largest absolute Gasteiger partial charge is 0.417 e. The number of aromatic nitrogens is 4. The fraction of sp³-hybridized carbons (Fsp3) is 0.480. The van der Waals surface area contributed by atoms with E-state index in [-0.39, 0.29) is 18.3 Å². The molecule has 1 saturated carbocycles. The van der Waals surface area contributed by atoms with Crippen molar-refractivity contribution in [2.75, 3.05) is 18.0 Å². The molecular formula is C25H24ClF5N6O. The van der Waals surface area contributed by atoms with Crippen molar-refractivity contribution >= 4 is 17.4 Å². The zero-order valence-corrected chi connectivity index (χ0v) is 20.9. The highest BCUT2D eigenvalue weighted by atomic mass is 35.5. The molecule has 13 heteroatoms. The summed E-state index contributed by atoms with van der Waals surface area (Å²) in [6.07, 6.45) is -3.23. The predicted octanol–water partition coefficient (Wildman–Crippen LogP) is 4.75. The molecule has 1 aliphatic carbocycles. The molecule has 0 radical (unpaired) electrons. The van der Waals surface area contributed by atoms with Crippen LogP contribution in [0.2, 0.25) is 5.02 Å². The predicted molar refractivity (Wildman–Crippen MR) is 128 cm³/mol. The Kier molecular flexibility index (Phi) is 6.11. The Morgan fingerprint density at radius 2 is 1.76 bits per heavy atom. The highest BCUT2D eigenvalue weighted by Crippen LogP contribution is 2.48. The van der Waals surface area contributed by atoms with E-state index in [1.54, 1.807) is 17.0 Å². The smallest absolute Gasteiger partial charge is 0.380 e. The minimum Gasteiger partial charge on any atom is -0.380 e. The Bertz CT molecular complexity index is 1370. The summed E-state index contributed by atoms with van der Waals surface area (Å²) in [4.78, 5) is 7.57. The van der Waals surface area contributed by atoms with Gasteiger partial charge in [0, 0.05) is 55.5 Å². The number of benzene rings is 1. The van der Waals surface area contributed by atoms with Crippen LogP contribution >= 0.6 is 11.6 Å². The molecule has 2 fully saturated rings. The van der Waals surface area contributed by atoms with Gasteiger partial charge in [0.05, 0.1) is 18.4 Å². The van der Waals surface area contributed by atoms with Crippen LogP contribution in [0.5, 0.6) is 0 Å². The van der Waals surface area contributed by atoms with E-state index in [9.17, 15) is 27.1 Å². The number of alkyl halides is 3. The average molecular weight is 555 g/mol. The minimum absolute atomic E-state index is 0.00916. The first-order valence-electron chi connectivity index (χ1n) is 12.3. The lowest BCUT2D eigenvalue weighted by atomic mass is 9.74. The Hall–Kier alpha value is -2.83. The van der Waals surface area contributed by atoms with E-state index in [2.05, 4.69) is 15.2 Å². The molecule has 0 bridgehead atoms. The number of hydrogen-bond acceptors (Lipinski definition) is 6. The van der Waals surface area contributed by atoms with Gasteiger partial charge >= 0.3 is 6.18 Å². The topological polar surface area (TPSA) is 70.3 Å². The number of aliphatic hydroxyl groups is 1. The second-order valence-corrected chi connectivity index (χ2v) is 10.7. The standard InChI is InChI=1S/C25H24ClF5N6O/c26-16-1-2-20-15(7-16)12-36(18-9-24(38,10-18)25(29,30)31)13-21-33-34-22(37(20)21)14-3-5-35(6-4-14)23-19(28)8-17(27)11-32-23/h1-2,7-8,11,14,18,38H,3-6,9-10,12-13H2. The molecule has 6 rings (SSSR count). The minimum atomic E-state index is -4.68. The van der Waals surface area contributed by atoms with Crippen LogP contribution in [0.25, 0.3) is 5.69 Å². The Morgan fingerprint density at radius 1 is 1.03 bits per heavy atom. The maximum absolute atomic E-state index is 14.3. The zero-order chi connectivity index (χ0) is 26.8. The maximum atomic E-state index is 14.3. The van der Waals surface area contributed by atoms with Crippen LogP contribution in [0.4, 0.5) is 27.8 Å². The lowest BCUT2D eigenvalue weighted by Gasteiger charge is -2.48. The second kappa shape index (κ2) is 9.13. The molecule has 1 aromatic carbocycles. The molecule has 1 N–H and O–H groups in total. The molecule has 2 aliphatic heterocycles. The van der Waals surface area contributed by atoms with E-state index in [4.69, 9.17) is 11.6 Å². The molecule has 3 aromatic rings. The molecule has 202 valence electrons. The third-order valence-corrected chi connectivity index (χ3v) is 8.13. The van der Waals surface area contributed by atoms with Crippen LogP contribution in [0.15, 0.2) is 30.5 Å². The molecular weight excluding hydrogens is 531 g/mol. The van der Waals surface area contributed by atoms with Gasteiger partial charge in [-0.3, -0.25) is 9.47 Å². The number of nitrogens with zero attached hydrogens (tertiary/aromatic N) is 6. The lowest BCUT2D eigenvalue weighted by Crippen LogP contribution is -2.61. The third-order valence-electron chi connectivity index (χ3n) is 7.89. The Labute approximate surface area is 219 Å². The number of rotatable bonds is 3. The van der Waals surface area contributed by atoms with Gasteiger partial charge in [-0.1, -0.05) is 11.6 Å². The first-order chi connectivity index (χ1) is 18.0. The summed E-state index contributed by atoms with van der Waals surface area (Å²) < 4.78 is 69.3. The van der Waals surface area contributed by atoms with Crippen molar-refractivity contribution in [2.45, 2.75) is 62.5 Å². The van der Waals surface area contributed by atoms with Crippen LogP contribution in [-0.2, 0) is 13.1 Å². The summed E-state index contributed by atoms with van der Waals surface area (Å²) in [5.41, 5.74) is -1.03. The Balaban J connectivity index is 1.26. The number of piperidine rings is 1. The van der Waals surface area contributed by atoms with E-state index in [1.165, 1.54) is 0 Å². The van der Waals surface area contributed by atoms with Gasteiger partial charge in [0.2, 0.25) is 0 Å². The van der Waals surface area contributed by atoms with Crippen LogP contribution < -0.4 is 4.90 Å². The van der Waals surface area contributed by atoms with E-state index < -0.39 is 42.3 Å². The third kappa shape index (κ3) is 4.32. The van der Waals surface area contributed by atoms with Gasteiger partial charge < -0.3 is 10.0 Å². The summed E-state index contributed by atoms with van der Waals surface area (Å²) >= 11 is 6.28. The molecule has 0 amide bonds. The normalized spacial score (nSPS) is 24.5. The first kappa shape index (κ1) is 25.4. The van der Waals surface area contributed by atoms with Crippen molar-refractivity contribution in [1.29, 1.82) is 0 Å². The van der Waals surface area contributed by atoms with Crippen molar-refractivity contribution in [3.05, 3.63) is 64.3 Å². The number of pyridine rings is 1. The number of halogens is 6. The number of anilines is 1. The van der Waals surface area contributed by atoms with Crippen LogP contribution in [0, 0.1) is 11.6 Å².